The van der Waals surface area contributed by atoms with Crippen LogP contribution in [0.15, 0.2) is 84.9 Å². The molecule has 36 heavy (non-hydrogen) atoms. The number of aliphatic hydroxyl groups excluding tert-OH is 1. The van der Waals surface area contributed by atoms with Gasteiger partial charge in [-0.1, -0.05) is 33.4 Å². The normalized spacial score (nSPS) is 12.8. The fourth-order valence-corrected chi connectivity index (χ4v) is 4.31. The molecule has 3 aromatic rings. The second kappa shape index (κ2) is 12.0. The number of pyridine rings is 1. The van der Waals surface area contributed by atoms with Gasteiger partial charge in [0, 0.05) is 42.5 Å². The largest absolute Gasteiger partial charge is 0.487 e. The fourth-order valence-electron chi connectivity index (χ4n) is 4.31. The van der Waals surface area contributed by atoms with Crippen molar-refractivity contribution in [1.82, 2.24) is 14.8 Å². The minimum atomic E-state index is -0.289. The van der Waals surface area contributed by atoms with Crippen molar-refractivity contribution in [1.29, 1.82) is 0 Å². The number of aliphatic hydroxyl groups is 1. The van der Waals surface area contributed by atoms with Crippen molar-refractivity contribution in [2.24, 2.45) is 10.4 Å². The van der Waals surface area contributed by atoms with Gasteiger partial charge in [-0.05, 0) is 80.1 Å². The van der Waals surface area contributed by atoms with Crippen molar-refractivity contribution in [2.75, 3.05) is 13.2 Å². The molecule has 2 heterocycles. The maximum absolute atomic E-state index is 9.83. The molecule has 0 unspecified atom stereocenters. The first-order valence-corrected chi connectivity index (χ1v) is 12.4. The zero-order valence-corrected chi connectivity index (χ0v) is 22.1. The predicted octanol–water partition coefficient (Wildman–Crippen LogP) is 6.69. The van der Waals surface area contributed by atoms with Gasteiger partial charge in [-0.3, -0.25) is 14.7 Å². The smallest absolute Gasteiger partial charge is 0.130 e. The van der Waals surface area contributed by atoms with Crippen LogP contribution in [0.5, 0.6) is 5.75 Å². The highest BCUT2D eigenvalue weighted by Gasteiger charge is 2.31. The Balaban J connectivity index is 1.92. The quantitative estimate of drug-likeness (QED) is 0.290. The Bertz CT molecular complexity index is 1190. The molecule has 190 valence electrons. The molecule has 0 fully saturated rings. The Morgan fingerprint density at radius 3 is 2.39 bits per heavy atom. The highest BCUT2D eigenvalue weighted by Crippen LogP contribution is 2.37. The third-order valence-electron chi connectivity index (χ3n) is 5.98. The molecule has 0 amide bonds. The lowest BCUT2D eigenvalue weighted by Gasteiger charge is -2.34. The monoisotopic (exact) mass is 486 g/mol. The molecular formula is C30H38N4O2. The number of aliphatic imine (C=N–C) groups is 1. The summed E-state index contributed by atoms with van der Waals surface area (Å²) in [6, 6.07) is 12.0. The summed E-state index contributed by atoms with van der Waals surface area (Å²) in [5, 5.41) is 14.9. The molecule has 0 atom stereocenters. The van der Waals surface area contributed by atoms with Crippen molar-refractivity contribution in [2.45, 2.75) is 53.0 Å². The van der Waals surface area contributed by atoms with Crippen LogP contribution in [0.3, 0.4) is 0 Å². The number of rotatable bonds is 12. The van der Waals surface area contributed by atoms with Crippen LogP contribution in [-0.4, -0.2) is 38.8 Å². The standard InChI is InChI=1S/C30H38N4O2/c1-7-9-10-25(32-8-2)20-36-26-13-11-24(12-14-26)28-27(23-15-17-31-18-16-23)19-34(33-28)30(5,6)21-29(3,4)22-35/h8-19,35H,2,7,20-22H2,1,3-6H3/b10-9-,32-25?. The van der Waals surface area contributed by atoms with Crippen LogP contribution in [0.2, 0.25) is 0 Å². The van der Waals surface area contributed by atoms with Crippen LogP contribution in [0.1, 0.15) is 47.5 Å². The van der Waals surface area contributed by atoms with Crippen molar-refractivity contribution in [3.63, 3.8) is 0 Å². The van der Waals surface area contributed by atoms with Crippen LogP contribution in [-0.2, 0) is 5.54 Å². The van der Waals surface area contributed by atoms with E-state index in [9.17, 15) is 5.11 Å². The first-order chi connectivity index (χ1) is 17.2. The molecule has 0 saturated heterocycles. The van der Waals surface area contributed by atoms with E-state index in [1.54, 1.807) is 12.4 Å². The zero-order valence-electron chi connectivity index (χ0n) is 22.1. The van der Waals surface area contributed by atoms with Crippen LogP contribution in [0.4, 0.5) is 0 Å². The highest BCUT2D eigenvalue weighted by molar-refractivity contribution is 5.96. The van der Waals surface area contributed by atoms with Crippen molar-refractivity contribution >= 4 is 5.71 Å². The van der Waals surface area contributed by atoms with Gasteiger partial charge in [-0.25, -0.2) is 0 Å². The van der Waals surface area contributed by atoms with E-state index in [-0.39, 0.29) is 17.6 Å². The number of hydrogen-bond acceptors (Lipinski definition) is 5. The lowest BCUT2D eigenvalue weighted by molar-refractivity contribution is 0.101. The molecule has 3 rings (SSSR count). The number of aromatic nitrogens is 3. The third-order valence-corrected chi connectivity index (χ3v) is 5.98. The van der Waals surface area contributed by atoms with Gasteiger partial charge >= 0.3 is 0 Å². The lowest BCUT2D eigenvalue weighted by Crippen LogP contribution is -2.34. The number of benzene rings is 1. The van der Waals surface area contributed by atoms with Gasteiger partial charge in [-0.15, -0.1) is 0 Å². The molecule has 1 N–H and O–H groups in total. The summed E-state index contributed by atoms with van der Waals surface area (Å²) in [5.74, 6) is 0.760. The molecule has 0 radical (unpaired) electrons. The Morgan fingerprint density at radius 1 is 1.08 bits per heavy atom. The van der Waals surface area contributed by atoms with Crippen LogP contribution < -0.4 is 4.74 Å². The molecule has 0 aliphatic carbocycles. The highest BCUT2D eigenvalue weighted by atomic mass is 16.5. The molecule has 6 nitrogen and oxygen atoms in total. The van der Waals surface area contributed by atoms with Crippen LogP contribution >= 0.6 is 0 Å². The van der Waals surface area contributed by atoms with Gasteiger partial charge in [0.25, 0.3) is 0 Å². The summed E-state index contributed by atoms with van der Waals surface area (Å²) in [6.45, 7) is 14.7. The first-order valence-electron chi connectivity index (χ1n) is 12.4. The summed E-state index contributed by atoms with van der Waals surface area (Å²) in [4.78, 5) is 8.45. The fraction of sp³-hybridized carbons (Fsp3) is 0.367. The number of allylic oxidation sites excluding steroid dienone is 1. The maximum atomic E-state index is 9.83. The van der Waals surface area contributed by atoms with Gasteiger partial charge in [0.05, 0.1) is 11.3 Å². The number of hydrogen-bond donors (Lipinski definition) is 1. The summed E-state index contributed by atoms with van der Waals surface area (Å²) in [6.07, 6.45) is 12.9. The molecule has 6 heteroatoms. The van der Waals surface area contributed by atoms with E-state index < -0.39 is 0 Å². The van der Waals surface area contributed by atoms with E-state index in [4.69, 9.17) is 9.84 Å². The zero-order chi connectivity index (χ0) is 26.2. The topological polar surface area (TPSA) is 72.5 Å². The third kappa shape index (κ3) is 7.01. The minimum absolute atomic E-state index is 0.122. The summed E-state index contributed by atoms with van der Waals surface area (Å²) in [7, 11) is 0. The van der Waals surface area contributed by atoms with Crippen molar-refractivity contribution < 1.29 is 9.84 Å². The van der Waals surface area contributed by atoms with Gasteiger partial charge in [-0.2, -0.15) is 5.10 Å². The van der Waals surface area contributed by atoms with Crippen molar-refractivity contribution in [3.8, 4) is 28.1 Å². The summed E-state index contributed by atoms with van der Waals surface area (Å²) < 4.78 is 7.99. The van der Waals surface area contributed by atoms with Crippen LogP contribution in [0, 0.1) is 5.41 Å². The first kappa shape index (κ1) is 27.1. The summed E-state index contributed by atoms with van der Waals surface area (Å²) >= 11 is 0. The van der Waals surface area contributed by atoms with Gasteiger partial charge in [0.15, 0.2) is 0 Å². The minimum Gasteiger partial charge on any atom is -0.487 e. The molecule has 1 aromatic carbocycles. The molecule has 0 aliphatic heterocycles. The van der Waals surface area contributed by atoms with E-state index in [0.29, 0.717) is 6.61 Å². The average molecular weight is 487 g/mol. The molecule has 0 bridgehead atoms. The van der Waals surface area contributed by atoms with E-state index in [2.05, 4.69) is 63.4 Å². The Kier molecular flexibility index (Phi) is 8.99. The van der Waals surface area contributed by atoms with E-state index in [0.717, 1.165) is 46.7 Å². The van der Waals surface area contributed by atoms with Crippen LogP contribution in [0.25, 0.3) is 22.4 Å². The molecule has 0 spiro atoms. The maximum Gasteiger partial charge on any atom is 0.130 e. The molecular weight excluding hydrogens is 448 g/mol. The molecule has 0 saturated carbocycles. The molecule has 2 aromatic heterocycles. The molecule has 0 aliphatic rings. The number of nitrogens with zero attached hydrogens (tertiary/aromatic N) is 4. The van der Waals surface area contributed by atoms with Crippen molar-refractivity contribution in [3.05, 3.63) is 79.9 Å². The second-order valence-corrected chi connectivity index (χ2v) is 10.3. The Morgan fingerprint density at radius 2 is 1.78 bits per heavy atom. The number of ether oxygens (including phenoxy) is 1. The Hall–Kier alpha value is -3.51. The van der Waals surface area contributed by atoms with E-state index in [1.807, 2.05) is 47.2 Å². The van der Waals surface area contributed by atoms with Gasteiger partial charge in [0.2, 0.25) is 0 Å². The SMILES string of the molecule is C=CN=C(/C=C\CC)COc1ccc(-c2nn(C(C)(C)CC(C)(C)CO)cc2-c2ccncc2)cc1. The average Bonchev–Trinajstić information content (AvgIpc) is 3.33. The Labute approximate surface area is 215 Å². The summed E-state index contributed by atoms with van der Waals surface area (Å²) in [5.41, 5.74) is 4.29. The van der Waals surface area contributed by atoms with Gasteiger partial charge < -0.3 is 9.84 Å². The lowest BCUT2D eigenvalue weighted by atomic mass is 9.81. The van der Waals surface area contributed by atoms with E-state index in [1.165, 1.54) is 6.20 Å². The van der Waals surface area contributed by atoms with E-state index >= 15 is 0 Å². The van der Waals surface area contributed by atoms with Gasteiger partial charge in [0.1, 0.15) is 18.1 Å². The predicted molar refractivity (Wildman–Crippen MR) is 148 cm³/mol. The second-order valence-electron chi connectivity index (χ2n) is 10.3.